The molecule has 1 aromatic heterocycles. The molecule has 0 aliphatic rings. The topological polar surface area (TPSA) is 75.4 Å². The van der Waals surface area contributed by atoms with E-state index in [1.165, 1.54) is 11.0 Å². The Labute approximate surface area is 153 Å². The lowest BCUT2D eigenvalue weighted by Gasteiger charge is -2.20. The van der Waals surface area contributed by atoms with Crippen LogP contribution in [0.1, 0.15) is 12.6 Å². The largest absolute Gasteiger partial charge is 0.356 e. The zero-order chi connectivity index (χ0) is 19.4. The molecule has 3 aromatic rings. The van der Waals surface area contributed by atoms with E-state index in [9.17, 15) is 18.4 Å². The van der Waals surface area contributed by atoms with Gasteiger partial charge in [0.05, 0.1) is 13.0 Å². The molecule has 0 saturated heterocycles. The van der Waals surface area contributed by atoms with Gasteiger partial charge in [0.15, 0.2) is 5.58 Å². The van der Waals surface area contributed by atoms with Gasteiger partial charge in [-0.25, -0.2) is 8.78 Å². The summed E-state index contributed by atoms with van der Waals surface area (Å²) in [6, 6.07) is 10.4. The van der Waals surface area contributed by atoms with Gasteiger partial charge in [0.25, 0.3) is 0 Å². The van der Waals surface area contributed by atoms with Gasteiger partial charge in [-0.2, -0.15) is 0 Å². The summed E-state index contributed by atoms with van der Waals surface area (Å²) >= 11 is 0. The number of halogens is 2. The number of rotatable bonds is 6. The fourth-order valence-corrected chi connectivity index (χ4v) is 2.67. The Bertz CT molecular complexity index is 967. The summed E-state index contributed by atoms with van der Waals surface area (Å²) in [5.41, 5.74) is 0.499. The summed E-state index contributed by atoms with van der Waals surface area (Å²) in [5, 5.41) is 6.79. The van der Waals surface area contributed by atoms with Crippen LogP contribution in [0.4, 0.5) is 14.5 Å². The number of anilines is 1. The van der Waals surface area contributed by atoms with Crippen LogP contribution in [0.2, 0.25) is 0 Å². The van der Waals surface area contributed by atoms with Crippen molar-refractivity contribution in [3.05, 3.63) is 59.8 Å². The number of carbonyl (C=O) groups is 2. The highest BCUT2D eigenvalue weighted by Crippen LogP contribution is 2.19. The third kappa shape index (κ3) is 4.11. The molecule has 1 N–H and O–H groups in total. The molecule has 0 aliphatic heterocycles. The van der Waals surface area contributed by atoms with Gasteiger partial charge in [0, 0.05) is 11.9 Å². The number of fused-ring (bicyclic) bond motifs is 1. The lowest BCUT2D eigenvalue weighted by molar-refractivity contribution is -0.133. The molecule has 0 unspecified atom stereocenters. The van der Waals surface area contributed by atoms with Crippen molar-refractivity contribution >= 4 is 28.5 Å². The highest BCUT2D eigenvalue weighted by atomic mass is 19.1. The minimum Gasteiger partial charge on any atom is -0.356 e. The van der Waals surface area contributed by atoms with Gasteiger partial charge >= 0.3 is 0 Å². The third-order valence-electron chi connectivity index (χ3n) is 4.07. The van der Waals surface area contributed by atoms with E-state index in [2.05, 4.69) is 10.5 Å². The van der Waals surface area contributed by atoms with Crippen molar-refractivity contribution < 1.29 is 22.9 Å². The van der Waals surface area contributed by atoms with E-state index in [-0.39, 0.29) is 25.4 Å². The number of para-hydroxylation sites is 2. The number of carbonyl (C=O) groups excluding carboxylic acids is 2. The number of hydrogen-bond acceptors (Lipinski definition) is 4. The van der Waals surface area contributed by atoms with Gasteiger partial charge in [-0.3, -0.25) is 9.59 Å². The molecular formula is C19H17F2N3O3. The Morgan fingerprint density at radius 1 is 1.11 bits per heavy atom. The van der Waals surface area contributed by atoms with Gasteiger partial charge in [-0.05, 0) is 31.2 Å². The van der Waals surface area contributed by atoms with Crippen molar-refractivity contribution in [2.45, 2.75) is 13.3 Å². The average Bonchev–Trinajstić information content (AvgIpc) is 3.06. The number of aromatic nitrogens is 1. The maximum absolute atomic E-state index is 13.6. The molecule has 0 atom stereocenters. The van der Waals surface area contributed by atoms with Crippen molar-refractivity contribution in [3.63, 3.8) is 0 Å². The van der Waals surface area contributed by atoms with Crippen molar-refractivity contribution in [2.75, 3.05) is 18.4 Å². The van der Waals surface area contributed by atoms with E-state index in [1.54, 1.807) is 25.1 Å². The summed E-state index contributed by atoms with van der Waals surface area (Å²) < 4.78 is 32.4. The lowest BCUT2D eigenvalue weighted by Crippen LogP contribution is -2.39. The van der Waals surface area contributed by atoms with E-state index in [0.29, 0.717) is 11.3 Å². The van der Waals surface area contributed by atoms with Crippen molar-refractivity contribution in [1.82, 2.24) is 10.1 Å². The highest BCUT2D eigenvalue weighted by Gasteiger charge is 2.20. The maximum Gasteiger partial charge on any atom is 0.244 e. The molecule has 0 saturated carbocycles. The van der Waals surface area contributed by atoms with Gasteiger partial charge in [-0.15, -0.1) is 0 Å². The molecule has 2 aromatic carbocycles. The predicted molar refractivity (Wildman–Crippen MR) is 95.0 cm³/mol. The number of nitrogens with zero attached hydrogens (tertiary/aromatic N) is 2. The zero-order valence-electron chi connectivity index (χ0n) is 14.5. The first kappa shape index (κ1) is 18.5. The molecule has 0 spiro atoms. The summed E-state index contributed by atoms with van der Waals surface area (Å²) in [6.45, 7) is 1.62. The van der Waals surface area contributed by atoms with Crippen LogP contribution >= 0.6 is 0 Å². The van der Waals surface area contributed by atoms with Crippen LogP contribution in [0.5, 0.6) is 0 Å². The Balaban J connectivity index is 1.67. The number of nitrogens with one attached hydrogen (secondary N) is 1. The number of amides is 2. The zero-order valence-corrected chi connectivity index (χ0v) is 14.5. The van der Waals surface area contributed by atoms with Gasteiger partial charge in [-0.1, -0.05) is 23.4 Å². The summed E-state index contributed by atoms with van der Waals surface area (Å²) in [4.78, 5) is 25.9. The lowest BCUT2D eigenvalue weighted by atomic mass is 10.1. The van der Waals surface area contributed by atoms with Gasteiger partial charge in [0.1, 0.15) is 23.0 Å². The second kappa shape index (κ2) is 7.94. The molecular weight excluding hydrogens is 356 g/mol. The van der Waals surface area contributed by atoms with E-state index in [1.807, 2.05) is 6.07 Å². The molecule has 0 fully saturated rings. The molecule has 3 rings (SSSR count). The molecule has 140 valence electrons. The number of hydrogen-bond donors (Lipinski definition) is 1. The Morgan fingerprint density at radius 2 is 1.81 bits per heavy atom. The van der Waals surface area contributed by atoms with Crippen LogP contribution < -0.4 is 5.32 Å². The summed E-state index contributed by atoms with van der Waals surface area (Å²) in [5.74, 6) is -2.81. The van der Waals surface area contributed by atoms with E-state index in [4.69, 9.17) is 4.52 Å². The fourth-order valence-electron chi connectivity index (χ4n) is 2.67. The first-order valence-corrected chi connectivity index (χ1v) is 8.34. The van der Waals surface area contributed by atoms with E-state index >= 15 is 0 Å². The van der Waals surface area contributed by atoms with Crippen LogP contribution in [0.3, 0.4) is 0 Å². The second-order valence-electron chi connectivity index (χ2n) is 5.85. The molecule has 2 amide bonds. The molecule has 0 radical (unpaired) electrons. The van der Waals surface area contributed by atoms with Crippen LogP contribution in [-0.2, 0) is 16.0 Å². The smallest absolute Gasteiger partial charge is 0.244 e. The Hall–Kier alpha value is -3.29. The molecule has 0 aliphatic carbocycles. The average molecular weight is 373 g/mol. The Morgan fingerprint density at radius 3 is 2.52 bits per heavy atom. The minimum atomic E-state index is -0.883. The molecule has 0 bridgehead atoms. The molecule has 27 heavy (non-hydrogen) atoms. The maximum atomic E-state index is 13.6. The van der Waals surface area contributed by atoms with Crippen molar-refractivity contribution in [3.8, 4) is 0 Å². The first-order valence-electron chi connectivity index (χ1n) is 8.34. The number of benzene rings is 2. The fraction of sp³-hybridized carbons (Fsp3) is 0.211. The minimum absolute atomic E-state index is 0.0494. The monoisotopic (exact) mass is 373 g/mol. The van der Waals surface area contributed by atoms with E-state index in [0.717, 1.165) is 17.5 Å². The quantitative estimate of drug-likeness (QED) is 0.720. The molecule has 8 heteroatoms. The second-order valence-corrected chi connectivity index (χ2v) is 5.85. The third-order valence-corrected chi connectivity index (χ3v) is 4.07. The normalized spacial score (nSPS) is 10.8. The molecule has 6 nitrogen and oxygen atoms in total. The van der Waals surface area contributed by atoms with Crippen LogP contribution in [0.15, 0.2) is 47.0 Å². The Kier molecular flexibility index (Phi) is 5.44. The molecule has 1 heterocycles. The van der Waals surface area contributed by atoms with Crippen molar-refractivity contribution in [2.24, 2.45) is 0 Å². The van der Waals surface area contributed by atoms with Crippen LogP contribution in [0.25, 0.3) is 11.0 Å². The summed E-state index contributed by atoms with van der Waals surface area (Å²) in [7, 11) is 0. The summed E-state index contributed by atoms with van der Waals surface area (Å²) in [6.07, 6.45) is -0.0494. The van der Waals surface area contributed by atoms with Gasteiger partial charge < -0.3 is 14.7 Å². The van der Waals surface area contributed by atoms with Crippen LogP contribution in [0, 0.1) is 11.6 Å². The predicted octanol–water partition coefficient (Wildman–Crippen LogP) is 3.14. The standard InChI is InChI=1S/C19H17F2N3O3/c1-2-24(11-17(25)22-19-13(20)7-5-8-14(19)21)18(26)10-15-12-6-3-4-9-16(12)27-23-15/h3-9H,2,10-11H2,1H3,(H,22,25). The van der Waals surface area contributed by atoms with E-state index < -0.39 is 23.2 Å². The van der Waals surface area contributed by atoms with Crippen LogP contribution in [-0.4, -0.2) is 35.0 Å². The first-order chi connectivity index (χ1) is 13.0. The van der Waals surface area contributed by atoms with Gasteiger partial charge in [0.2, 0.25) is 11.8 Å². The number of likely N-dealkylation sites (N-methyl/N-ethyl adjacent to an activating group) is 1. The van der Waals surface area contributed by atoms with Crippen molar-refractivity contribution in [1.29, 1.82) is 0 Å². The SMILES string of the molecule is CCN(CC(=O)Nc1c(F)cccc1F)C(=O)Cc1noc2ccccc12. The highest BCUT2D eigenvalue weighted by molar-refractivity contribution is 5.95.